The van der Waals surface area contributed by atoms with E-state index in [0.717, 1.165) is 57.8 Å². The van der Waals surface area contributed by atoms with E-state index in [0.29, 0.717) is 19.3 Å². The van der Waals surface area contributed by atoms with Crippen LogP contribution in [0.1, 0.15) is 271 Å². The molecule has 8 unspecified atom stereocenters. The minimum absolute atomic E-state index is 0.256. The van der Waals surface area contributed by atoms with Crippen LogP contribution in [0.3, 0.4) is 0 Å². The first-order chi connectivity index (χ1) is 33.4. The largest absolute Gasteiger partial charge is 0.397 e. The molecule has 1 saturated heterocycles. The molecule has 69 heavy (non-hydrogen) atoms. The van der Waals surface area contributed by atoms with Crippen molar-refractivity contribution in [2.45, 2.75) is 320 Å². The summed E-state index contributed by atoms with van der Waals surface area (Å²) in [5, 5.41) is 55.7. The molecule has 0 aromatic carbocycles. The summed E-state index contributed by atoms with van der Waals surface area (Å²) in [6, 6.07) is -1.03. The van der Waals surface area contributed by atoms with Crippen LogP contribution in [0.5, 0.6) is 0 Å². The maximum absolute atomic E-state index is 13.2. The summed E-state index contributed by atoms with van der Waals surface area (Å²) in [6.45, 7) is 3.33. The Balaban J connectivity index is 2.42. The molecule has 1 heterocycles. The molecule has 7 N–H and O–H groups in total. The molecule has 14 heteroatoms. The lowest BCUT2D eigenvalue weighted by molar-refractivity contribution is -0.298. The molecule has 1 aliphatic heterocycles. The molecule has 1 amide bonds. The maximum atomic E-state index is 13.2. The number of aliphatic hydroxyl groups excluding tert-OH is 5. The van der Waals surface area contributed by atoms with Gasteiger partial charge in [-0.25, -0.2) is 4.18 Å². The van der Waals surface area contributed by atoms with Gasteiger partial charge in [0.25, 0.3) is 0 Å². The van der Waals surface area contributed by atoms with E-state index in [2.05, 4.69) is 35.5 Å². The predicted octanol–water partition coefficient (Wildman–Crippen LogP) is 12.0. The topological polar surface area (TPSA) is 212 Å². The average molecular weight is 1010 g/mol. The number of amides is 1. The molecule has 0 bridgehead atoms. The number of nitrogens with one attached hydrogen (secondary N) is 1. The lowest BCUT2D eigenvalue weighted by Gasteiger charge is -2.41. The molecule has 1 fully saturated rings. The molecule has 0 aromatic heterocycles. The van der Waals surface area contributed by atoms with Crippen molar-refractivity contribution < 1.29 is 57.0 Å². The Morgan fingerprint density at radius 2 is 0.928 bits per heavy atom. The zero-order chi connectivity index (χ0) is 50.6. The quantitative estimate of drug-likeness (QED) is 0.0172. The third kappa shape index (κ3) is 37.2. The average Bonchev–Trinajstić information content (AvgIpc) is 3.32. The van der Waals surface area contributed by atoms with Crippen LogP contribution in [0.25, 0.3) is 0 Å². The van der Waals surface area contributed by atoms with E-state index in [1.165, 1.54) is 173 Å². The summed E-state index contributed by atoms with van der Waals surface area (Å²) in [5.74, 6) is -0.669. The van der Waals surface area contributed by atoms with E-state index in [1.54, 1.807) is 0 Å². The summed E-state index contributed by atoms with van der Waals surface area (Å²) in [5.41, 5.74) is 0. The Bertz CT molecular complexity index is 1290. The molecule has 0 saturated carbocycles. The highest BCUT2D eigenvalue weighted by Crippen LogP contribution is 2.26. The molecule has 1 aliphatic rings. The Morgan fingerprint density at radius 1 is 0.565 bits per heavy atom. The number of carbonyl (C=O) groups is 1. The van der Waals surface area contributed by atoms with Crippen molar-refractivity contribution in [1.82, 2.24) is 5.32 Å². The molecule has 0 spiro atoms. The second kappa shape index (κ2) is 45.4. The summed E-state index contributed by atoms with van der Waals surface area (Å²) in [4.78, 5) is 13.2. The van der Waals surface area contributed by atoms with Crippen LogP contribution >= 0.6 is 0 Å². The molecule has 13 nitrogen and oxygen atoms in total. The molecule has 0 radical (unpaired) electrons. The molecular formula is C55H107NO12S. The molecule has 0 aliphatic carbocycles. The summed E-state index contributed by atoms with van der Waals surface area (Å²) in [7, 11) is -5.11. The first-order valence-corrected chi connectivity index (χ1v) is 30.0. The third-order valence-electron chi connectivity index (χ3n) is 13.9. The van der Waals surface area contributed by atoms with Crippen molar-refractivity contribution in [2.75, 3.05) is 13.2 Å². The van der Waals surface area contributed by atoms with Gasteiger partial charge in [0, 0.05) is 0 Å². The number of rotatable bonds is 50. The number of carbonyl (C=O) groups excluding carboxylic acids is 1. The minimum atomic E-state index is -5.11. The number of unbranched alkanes of at least 4 members (excludes halogenated alkanes) is 35. The summed E-state index contributed by atoms with van der Waals surface area (Å²) >= 11 is 0. The second-order valence-corrected chi connectivity index (χ2v) is 21.4. The van der Waals surface area contributed by atoms with Gasteiger partial charge in [-0.3, -0.25) is 9.35 Å². The summed E-state index contributed by atoms with van der Waals surface area (Å²) < 4.78 is 47.8. The van der Waals surface area contributed by atoms with Gasteiger partial charge < -0.3 is 40.3 Å². The van der Waals surface area contributed by atoms with Crippen molar-refractivity contribution in [2.24, 2.45) is 0 Å². The maximum Gasteiger partial charge on any atom is 0.397 e. The standard InChI is InChI=1S/C55H107NO12S/c1-3-5-7-9-11-13-15-17-19-21-23-24-25-26-28-30-32-34-36-38-40-42-44-49(59)54(62)56-47(46-66-55-52(61)53(68-69(63,64)65)51(60)50(45-57)67-55)48(58)43-41-39-37-35-33-31-29-27-22-20-18-16-14-12-10-8-6-4-2/h26,28,47-53,55,57-61H,3-25,27,29-46H2,1-2H3,(H,56,62)(H,63,64,65)/b28-26-. The fourth-order valence-electron chi connectivity index (χ4n) is 9.40. The van der Waals surface area contributed by atoms with Crippen LogP contribution in [0.15, 0.2) is 12.2 Å². The van der Waals surface area contributed by atoms with Crippen LogP contribution in [0.2, 0.25) is 0 Å². The molecule has 1 rings (SSSR count). The first-order valence-electron chi connectivity index (χ1n) is 28.7. The highest BCUT2D eigenvalue weighted by atomic mass is 32.3. The SMILES string of the molecule is CCCCCCCCCCCCCC/C=C\CCCCCCCCC(O)C(=O)NC(COC1OC(CO)C(O)C(OS(=O)(=O)O)C1O)C(O)CCCCCCCCCCCCCCCCCCCC. The number of allylic oxidation sites excluding steroid dienone is 2. The van der Waals surface area contributed by atoms with E-state index in [-0.39, 0.29) is 6.42 Å². The Labute approximate surface area is 422 Å². The van der Waals surface area contributed by atoms with Crippen LogP contribution in [-0.2, 0) is 28.9 Å². The monoisotopic (exact) mass is 1010 g/mol. The van der Waals surface area contributed by atoms with Gasteiger partial charge in [-0.2, -0.15) is 8.42 Å². The van der Waals surface area contributed by atoms with Crippen molar-refractivity contribution in [3.05, 3.63) is 12.2 Å². The first kappa shape index (κ1) is 65.8. The highest BCUT2D eigenvalue weighted by molar-refractivity contribution is 7.80. The smallest absolute Gasteiger partial charge is 0.394 e. The molecule has 410 valence electrons. The van der Waals surface area contributed by atoms with E-state index in [1.807, 2.05) is 0 Å². The van der Waals surface area contributed by atoms with Crippen molar-refractivity contribution >= 4 is 16.3 Å². The highest BCUT2D eigenvalue weighted by Gasteiger charge is 2.48. The molecular weight excluding hydrogens is 899 g/mol. The van der Waals surface area contributed by atoms with E-state index in [9.17, 15) is 43.3 Å². The summed E-state index contributed by atoms with van der Waals surface area (Å²) in [6.07, 6.45) is 41.0. The lowest BCUT2D eigenvalue weighted by atomic mass is 9.99. The van der Waals surface area contributed by atoms with E-state index >= 15 is 0 Å². The van der Waals surface area contributed by atoms with E-state index in [4.69, 9.17) is 9.47 Å². The number of aliphatic hydroxyl groups is 5. The van der Waals surface area contributed by atoms with Gasteiger partial charge in [0.1, 0.15) is 30.5 Å². The van der Waals surface area contributed by atoms with Crippen molar-refractivity contribution in [1.29, 1.82) is 0 Å². The normalized spacial score (nSPS) is 20.1. The van der Waals surface area contributed by atoms with Gasteiger partial charge in [0.2, 0.25) is 5.91 Å². The number of hydrogen-bond acceptors (Lipinski definition) is 11. The van der Waals surface area contributed by atoms with Gasteiger partial charge in [-0.15, -0.1) is 0 Å². The van der Waals surface area contributed by atoms with Crippen molar-refractivity contribution in [3.63, 3.8) is 0 Å². The van der Waals surface area contributed by atoms with Gasteiger partial charge in [0.15, 0.2) is 6.29 Å². The zero-order valence-corrected chi connectivity index (χ0v) is 44.8. The van der Waals surface area contributed by atoms with E-state index < -0.39 is 78.5 Å². The van der Waals surface area contributed by atoms with Crippen LogP contribution < -0.4 is 5.32 Å². The lowest BCUT2D eigenvalue weighted by Crippen LogP contribution is -2.61. The van der Waals surface area contributed by atoms with Gasteiger partial charge in [-0.05, 0) is 38.5 Å². The minimum Gasteiger partial charge on any atom is -0.394 e. The zero-order valence-electron chi connectivity index (χ0n) is 44.0. The van der Waals surface area contributed by atoms with Gasteiger partial charge in [-0.1, -0.05) is 244 Å². The van der Waals surface area contributed by atoms with Crippen molar-refractivity contribution in [3.8, 4) is 0 Å². The van der Waals surface area contributed by atoms with Gasteiger partial charge in [0.05, 0.1) is 25.4 Å². The van der Waals surface area contributed by atoms with Crippen LogP contribution in [0.4, 0.5) is 0 Å². The van der Waals surface area contributed by atoms with Crippen LogP contribution in [0, 0.1) is 0 Å². The molecule has 0 aromatic rings. The Hall–Kier alpha value is -1.20. The number of ether oxygens (including phenoxy) is 2. The number of hydrogen-bond donors (Lipinski definition) is 7. The Morgan fingerprint density at radius 3 is 1.30 bits per heavy atom. The van der Waals surface area contributed by atoms with Crippen LogP contribution in [-0.4, -0.2) is 107 Å². The fourth-order valence-corrected chi connectivity index (χ4v) is 9.91. The fraction of sp³-hybridized carbons (Fsp3) is 0.945. The third-order valence-corrected chi connectivity index (χ3v) is 14.4. The predicted molar refractivity (Wildman–Crippen MR) is 279 cm³/mol. The second-order valence-electron chi connectivity index (χ2n) is 20.4. The Kier molecular flexibility index (Phi) is 43.3. The van der Waals surface area contributed by atoms with Gasteiger partial charge >= 0.3 is 10.4 Å². The molecule has 8 atom stereocenters.